The van der Waals surface area contributed by atoms with Gasteiger partial charge in [0, 0.05) is 21.3 Å². The van der Waals surface area contributed by atoms with Crippen molar-refractivity contribution in [1.82, 2.24) is 10.9 Å². The summed E-state index contributed by atoms with van der Waals surface area (Å²) in [7, 11) is 0. The molecule has 3 amide bonds. The number of nitrogens with one attached hydrogen (secondary N) is 3. The molecule has 0 fully saturated rings. The molecule has 3 N–H and O–H groups in total. The third-order valence-electron chi connectivity index (χ3n) is 4.18. The summed E-state index contributed by atoms with van der Waals surface area (Å²) < 4.78 is 5.90. The maximum atomic E-state index is 12.4. The van der Waals surface area contributed by atoms with Crippen LogP contribution in [0.5, 0.6) is 0 Å². The van der Waals surface area contributed by atoms with Gasteiger partial charge in [0.05, 0.1) is 11.3 Å². The Kier molecular flexibility index (Phi) is 5.51. The van der Waals surface area contributed by atoms with E-state index in [1.165, 1.54) is 29.7 Å². The quantitative estimate of drug-likeness (QED) is 0.408. The SMILES string of the molecule is O=C(NNC(=O)c1sc2ccccc2c1Cl)c1ccc(NC(=O)c2ccco2)cc1. The van der Waals surface area contributed by atoms with Crippen LogP contribution in [0.2, 0.25) is 5.02 Å². The van der Waals surface area contributed by atoms with Crippen LogP contribution in [-0.2, 0) is 0 Å². The number of anilines is 1. The topological polar surface area (TPSA) is 100 Å². The normalized spacial score (nSPS) is 10.6. The number of halogens is 1. The molecule has 0 aliphatic heterocycles. The maximum absolute atomic E-state index is 12.4. The zero-order valence-electron chi connectivity index (χ0n) is 15.3. The molecule has 2 aromatic carbocycles. The van der Waals surface area contributed by atoms with Crippen molar-refractivity contribution in [1.29, 1.82) is 0 Å². The Bertz CT molecular complexity index is 1230. The van der Waals surface area contributed by atoms with Gasteiger partial charge in [-0.2, -0.15) is 0 Å². The lowest BCUT2D eigenvalue weighted by molar-refractivity contribution is 0.0849. The van der Waals surface area contributed by atoms with Crippen LogP contribution in [0.1, 0.15) is 30.6 Å². The van der Waals surface area contributed by atoms with Crippen molar-refractivity contribution in [3.05, 3.63) is 88.2 Å². The number of hydrazine groups is 1. The van der Waals surface area contributed by atoms with E-state index >= 15 is 0 Å². The summed E-state index contributed by atoms with van der Waals surface area (Å²) in [6.07, 6.45) is 1.41. The number of furan rings is 1. The summed E-state index contributed by atoms with van der Waals surface area (Å²) in [5.74, 6) is -1.23. The molecule has 4 aromatic rings. The van der Waals surface area contributed by atoms with Crippen LogP contribution in [0.25, 0.3) is 10.1 Å². The summed E-state index contributed by atoms with van der Waals surface area (Å²) in [6.45, 7) is 0. The van der Waals surface area contributed by atoms with E-state index in [9.17, 15) is 14.4 Å². The second kappa shape index (κ2) is 8.40. The van der Waals surface area contributed by atoms with Gasteiger partial charge in [-0.1, -0.05) is 29.8 Å². The van der Waals surface area contributed by atoms with Crippen molar-refractivity contribution in [2.75, 3.05) is 5.32 Å². The third-order valence-corrected chi connectivity index (χ3v) is 5.85. The van der Waals surface area contributed by atoms with E-state index in [1.54, 1.807) is 24.3 Å². The first kappa shape index (κ1) is 19.7. The molecule has 0 saturated carbocycles. The van der Waals surface area contributed by atoms with E-state index < -0.39 is 17.7 Å². The van der Waals surface area contributed by atoms with E-state index in [0.717, 1.165) is 10.1 Å². The van der Waals surface area contributed by atoms with Crippen molar-refractivity contribution in [2.24, 2.45) is 0 Å². The van der Waals surface area contributed by atoms with Crippen molar-refractivity contribution in [2.45, 2.75) is 0 Å². The van der Waals surface area contributed by atoms with Crippen molar-refractivity contribution < 1.29 is 18.8 Å². The molecule has 0 spiro atoms. The molecule has 0 bridgehead atoms. The minimum Gasteiger partial charge on any atom is -0.459 e. The molecule has 0 aliphatic carbocycles. The Morgan fingerprint density at radius 1 is 0.833 bits per heavy atom. The van der Waals surface area contributed by atoms with Crippen LogP contribution in [0.3, 0.4) is 0 Å². The summed E-state index contributed by atoms with van der Waals surface area (Å²) >= 11 is 7.52. The average Bonchev–Trinajstić information content (AvgIpc) is 3.41. The van der Waals surface area contributed by atoms with Gasteiger partial charge in [-0.25, -0.2) is 0 Å². The van der Waals surface area contributed by atoms with Gasteiger partial charge in [0.15, 0.2) is 5.76 Å². The molecule has 7 nitrogen and oxygen atoms in total. The lowest BCUT2D eigenvalue weighted by Gasteiger charge is -2.08. The number of rotatable bonds is 4. The highest BCUT2D eigenvalue weighted by molar-refractivity contribution is 7.21. The lowest BCUT2D eigenvalue weighted by Crippen LogP contribution is -2.41. The number of hydrogen-bond acceptors (Lipinski definition) is 5. The van der Waals surface area contributed by atoms with Gasteiger partial charge in [0.2, 0.25) is 0 Å². The zero-order chi connectivity index (χ0) is 21.1. The molecule has 150 valence electrons. The fourth-order valence-electron chi connectivity index (χ4n) is 2.71. The molecule has 9 heteroatoms. The second-order valence-corrected chi connectivity index (χ2v) is 7.59. The summed E-state index contributed by atoms with van der Waals surface area (Å²) in [5, 5.41) is 3.79. The zero-order valence-corrected chi connectivity index (χ0v) is 16.8. The third kappa shape index (κ3) is 4.05. The van der Waals surface area contributed by atoms with Gasteiger partial charge in [-0.15, -0.1) is 11.3 Å². The number of thiophene rings is 1. The summed E-state index contributed by atoms with van der Waals surface area (Å²) in [5.41, 5.74) is 5.52. The van der Waals surface area contributed by atoms with Crippen LogP contribution in [0.15, 0.2) is 71.3 Å². The predicted octanol–water partition coefficient (Wildman–Crippen LogP) is 4.47. The summed E-state index contributed by atoms with van der Waals surface area (Å²) in [6, 6.07) is 16.7. The molecule has 30 heavy (non-hydrogen) atoms. The standard InChI is InChI=1S/C21H14ClN3O4S/c22-17-14-4-1-2-6-16(14)30-18(17)21(28)25-24-19(26)12-7-9-13(10-8-12)23-20(27)15-5-3-11-29-15/h1-11H,(H,23,27)(H,24,26)(H,25,28). The molecule has 4 rings (SSSR count). The average molecular weight is 440 g/mol. The highest BCUT2D eigenvalue weighted by Crippen LogP contribution is 2.34. The Morgan fingerprint density at radius 3 is 2.27 bits per heavy atom. The predicted molar refractivity (Wildman–Crippen MR) is 115 cm³/mol. The van der Waals surface area contributed by atoms with Crippen molar-refractivity contribution in [3.63, 3.8) is 0 Å². The minimum absolute atomic E-state index is 0.180. The van der Waals surface area contributed by atoms with Gasteiger partial charge in [-0.3, -0.25) is 25.2 Å². The second-order valence-electron chi connectivity index (χ2n) is 6.16. The van der Waals surface area contributed by atoms with E-state index in [4.69, 9.17) is 16.0 Å². The van der Waals surface area contributed by atoms with Gasteiger partial charge in [0.25, 0.3) is 17.7 Å². The Balaban J connectivity index is 1.37. The highest BCUT2D eigenvalue weighted by atomic mass is 35.5. The van der Waals surface area contributed by atoms with Crippen LogP contribution >= 0.6 is 22.9 Å². The van der Waals surface area contributed by atoms with Crippen LogP contribution in [0.4, 0.5) is 5.69 Å². The van der Waals surface area contributed by atoms with E-state index in [0.29, 0.717) is 21.2 Å². The maximum Gasteiger partial charge on any atom is 0.291 e. The lowest BCUT2D eigenvalue weighted by atomic mass is 10.2. The molecule has 0 aliphatic rings. The summed E-state index contributed by atoms with van der Waals surface area (Å²) in [4.78, 5) is 37.0. The van der Waals surface area contributed by atoms with Gasteiger partial charge < -0.3 is 9.73 Å². The van der Waals surface area contributed by atoms with E-state index in [2.05, 4.69) is 16.2 Å². The highest BCUT2D eigenvalue weighted by Gasteiger charge is 2.17. The van der Waals surface area contributed by atoms with E-state index in [1.807, 2.05) is 24.3 Å². The van der Waals surface area contributed by atoms with Crippen LogP contribution in [-0.4, -0.2) is 17.7 Å². The van der Waals surface area contributed by atoms with Crippen LogP contribution < -0.4 is 16.2 Å². The molecule has 0 atom stereocenters. The smallest absolute Gasteiger partial charge is 0.291 e. The van der Waals surface area contributed by atoms with Gasteiger partial charge >= 0.3 is 0 Å². The molecular formula is C21H14ClN3O4S. The largest absolute Gasteiger partial charge is 0.459 e. The van der Waals surface area contributed by atoms with Gasteiger partial charge in [-0.05, 0) is 42.5 Å². The number of carbonyl (C=O) groups excluding carboxylic acids is 3. The molecular weight excluding hydrogens is 426 g/mol. The van der Waals surface area contributed by atoms with Crippen LogP contribution in [0, 0.1) is 0 Å². The van der Waals surface area contributed by atoms with Crippen molar-refractivity contribution >= 4 is 56.4 Å². The fourth-order valence-corrected chi connectivity index (χ4v) is 4.12. The molecule has 0 unspecified atom stereocenters. The Labute approximate surface area is 179 Å². The Hall–Kier alpha value is -3.62. The number of amides is 3. The minimum atomic E-state index is -0.510. The number of benzene rings is 2. The first-order chi connectivity index (χ1) is 14.5. The number of fused-ring (bicyclic) bond motifs is 1. The molecule has 0 radical (unpaired) electrons. The molecule has 2 aromatic heterocycles. The number of hydrogen-bond donors (Lipinski definition) is 3. The first-order valence-corrected chi connectivity index (χ1v) is 9.95. The molecule has 2 heterocycles. The fraction of sp³-hybridized carbons (Fsp3) is 0. The monoisotopic (exact) mass is 439 g/mol. The number of carbonyl (C=O) groups is 3. The first-order valence-electron chi connectivity index (χ1n) is 8.75. The molecule has 0 saturated heterocycles. The van der Waals surface area contributed by atoms with Gasteiger partial charge in [0.1, 0.15) is 4.88 Å². The Morgan fingerprint density at radius 2 is 1.57 bits per heavy atom. The van der Waals surface area contributed by atoms with Crippen molar-refractivity contribution in [3.8, 4) is 0 Å². The van der Waals surface area contributed by atoms with E-state index in [-0.39, 0.29) is 5.76 Å².